The van der Waals surface area contributed by atoms with Crippen LogP contribution in [0.5, 0.6) is 0 Å². The number of amides is 1. The van der Waals surface area contributed by atoms with Gasteiger partial charge in [-0.2, -0.15) is 0 Å². The summed E-state index contributed by atoms with van der Waals surface area (Å²) in [6.45, 7) is 2.31. The van der Waals surface area contributed by atoms with Gasteiger partial charge in [-0.05, 0) is 12.8 Å². The molecule has 6 heteroatoms. The third kappa shape index (κ3) is 3.38. The zero-order valence-corrected chi connectivity index (χ0v) is 10.6. The molecule has 6 nitrogen and oxygen atoms in total. The number of nitrogens with two attached hydrogens (primary N) is 1. The zero-order valence-electron chi connectivity index (χ0n) is 10.6. The lowest BCUT2D eigenvalue weighted by Crippen LogP contribution is -2.61. The number of rotatable bonds is 8. The molecule has 0 radical (unpaired) electrons. The normalized spacial score (nSPS) is 12.6. The summed E-state index contributed by atoms with van der Waals surface area (Å²) in [7, 11) is 0. The second-order valence-corrected chi connectivity index (χ2v) is 4.40. The van der Waals surface area contributed by atoms with E-state index in [2.05, 4.69) is 5.32 Å². The van der Waals surface area contributed by atoms with Gasteiger partial charge in [0.2, 0.25) is 5.91 Å². The van der Waals surface area contributed by atoms with Gasteiger partial charge in [0.05, 0.1) is 25.2 Å². The van der Waals surface area contributed by atoms with Crippen LogP contribution >= 0.6 is 0 Å². The fourth-order valence-corrected chi connectivity index (χ4v) is 1.59. The Labute approximate surface area is 102 Å². The van der Waals surface area contributed by atoms with Crippen LogP contribution in [0.2, 0.25) is 0 Å². The van der Waals surface area contributed by atoms with E-state index < -0.39 is 30.8 Å². The van der Waals surface area contributed by atoms with Crippen molar-refractivity contribution in [2.45, 2.75) is 32.2 Å². The highest BCUT2D eigenvalue weighted by Gasteiger charge is 2.39. The average molecular weight is 248 g/mol. The molecule has 0 bridgehead atoms. The zero-order chi connectivity index (χ0) is 13.5. The van der Waals surface area contributed by atoms with Gasteiger partial charge in [-0.15, -0.1) is 0 Å². The Morgan fingerprint density at radius 1 is 1.12 bits per heavy atom. The van der Waals surface area contributed by atoms with Crippen molar-refractivity contribution < 1.29 is 20.1 Å². The Balaban J connectivity index is 4.92. The third-order valence-corrected chi connectivity index (χ3v) is 3.51. The van der Waals surface area contributed by atoms with Gasteiger partial charge in [0, 0.05) is 6.54 Å². The molecule has 0 fully saturated rings. The lowest BCUT2D eigenvalue weighted by atomic mass is 9.80. The van der Waals surface area contributed by atoms with Crippen molar-refractivity contribution in [3.63, 3.8) is 0 Å². The van der Waals surface area contributed by atoms with Gasteiger partial charge in [0.1, 0.15) is 5.54 Å². The van der Waals surface area contributed by atoms with Crippen LogP contribution in [0, 0.1) is 5.41 Å². The van der Waals surface area contributed by atoms with Crippen molar-refractivity contribution in [2.75, 3.05) is 26.4 Å². The summed E-state index contributed by atoms with van der Waals surface area (Å²) < 4.78 is 0. The second kappa shape index (κ2) is 6.90. The first-order valence-corrected chi connectivity index (χ1v) is 5.85. The molecule has 0 unspecified atom stereocenters. The Morgan fingerprint density at radius 3 is 1.76 bits per heavy atom. The van der Waals surface area contributed by atoms with Crippen LogP contribution in [0.25, 0.3) is 0 Å². The minimum atomic E-state index is -1.39. The quantitative estimate of drug-likeness (QED) is 0.362. The lowest BCUT2D eigenvalue weighted by molar-refractivity contribution is -0.135. The van der Waals surface area contributed by atoms with E-state index in [4.69, 9.17) is 21.1 Å². The molecular weight excluding hydrogens is 224 g/mol. The smallest absolute Gasteiger partial charge is 0.228 e. The Kier molecular flexibility index (Phi) is 6.62. The fraction of sp³-hybridized carbons (Fsp3) is 0.909. The highest BCUT2D eigenvalue weighted by atomic mass is 16.3. The van der Waals surface area contributed by atoms with Crippen LogP contribution in [0.3, 0.4) is 0 Å². The molecule has 17 heavy (non-hydrogen) atoms. The molecule has 6 N–H and O–H groups in total. The number of hydrogen-bond donors (Lipinski definition) is 5. The maximum absolute atomic E-state index is 12.1. The summed E-state index contributed by atoms with van der Waals surface area (Å²) in [5.41, 5.74) is 3.52. The van der Waals surface area contributed by atoms with E-state index in [1.54, 1.807) is 0 Å². The van der Waals surface area contributed by atoms with Crippen molar-refractivity contribution >= 4 is 5.91 Å². The first-order valence-electron chi connectivity index (χ1n) is 5.85. The third-order valence-electron chi connectivity index (χ3n) is 3.51. The Bertz CT molecular complexity index is 221. The molecule has 0 rings (SSSR count). The predicted molar refractivity (Wildman–Crippen MR) is 64.2 cm³/mol. The molecule has 0 aliphatic rings. The molecule has 0 aliphatic heterocycles. The van der Waals surface area contributed by atoms with Gasteiger partial charge in [0.15, 0.2) is 0 Å². The molecule has 0 aromatic rings. The van der Waals surface area contributed by atoms with Crippen LogP contribution < -0.4 is 11.1 Å². The highest BCUT2D eigenvalue weighted by molar-refractivity contribution is 5.83. The molecule has 102 valence electrons. The van der Waals surface area contributed by atoms with Crippen molar-refractivity contribution in [1.29, 1.82) is 0 Å². The standard InChI is InChI=1S/C11H24N2O4/c1-3-10(4-2,5-12)9(17)13-11(6-14,7-15)8-16/h14-16H,3-8,12H2,1-2H3,(H,13,17). The molecule has 0 aromatic carbocycles. The number of aliphatic hydroxyl groups excluding tert-OH is 3. The van der Waals surface area contributed by atoms with Crippen molar-refractivity contribution in [1.82, 2.24) is 5.32 Å². The van der Waals surface area contributed by atoms with Gasteiger partial charge < -0.3 is 26.4 Å². The molecule has 0 aliphatic carbocycles. The molecular formula is C11H24N2O4. The minimum absolute atomic E-state index is 0.185. The molecule has 0 atom stereocenters. The van der Waals surface area contributed by atoms with E-state index in [1.165, 1.54) is 0 Å². The van der Waals surface area contributed by atoms with Crippen LogP contribution in [-0.4, -0.2) is 53.1 Å². The highest BCUT2D eigenvalue weighted by Crippen LogP contribution is 2.26. The SMILES string of the molecule is CCC(CC)(CN)C(=O)NC(CO)(CO)CO. The molecule has 0 saturated carbocycles. The van der Waals surface area contributed by atoms with E-state index >= 15 is 0 Å². The first-order chi connectivity index (χ1) is 7.99. The van der Waals surface area contributed by atoms with E-state index in [0.29, 0.717) is 12.8 Å². The second-order valence-electron chi connectivity index (χ2n) is 4.40. The van der Waals surface area contributed by atoms with Gasteiger partial charge in [-0.3, -0.25) is 4.79 Å². The van der Waals surface area contributed by atoms with Crippen molar-refractivity contribution in [3.8, 4) is 0 Å². The summed E-state index contributed by atoms with van der Waals surface area (Å²) >= 11 is 0. The maximum Gasteiger partial charge on any atom is 0.228 e. The number of nitrogens with one attached hydrogen (secondary N) is 1. The molecule has 0 spiro atoms. The van der Waals surface area contributed by atoms with E-state index in [9.17, 15) is 4.79 Å². The topological polar surface area (TPSA) is 116 Å². The summed E-state index contributed by atoms with van der Waals surface area (Å²) in [4.78, 5) is 12.1. The predicted octanol–water partition coefficient (Wildman–Crippen LogP) is -1.42. The molecule has 1 amide bonds. The summed E-state index contributed by atoms with van der Waals surface area (Å²) in [6, 6.07) is 0. The van der Waals surface area contributed by atoms with Crippen molar-refractivity contribution in [3.05, 3.63) is 0 Å². The number of carbonyl (C=O) groups is 1. The number of carbonyl (C=O) groups excluding carboxylic acids is 1. The van der Waals surface area contributed by atoms with Crippen LogP contribution in [-0.2, 0) is 4.79 Å². The maximum atomic E-state index is 12.1. The molecule has 0 heterocycles. The summed E-state index contributed by atoms with van der Waals surface area (Å²) in [5.74, 6) is -0.345. The summed E-state index contributed by atoms with van der Waals surface area (Å²) in [5, 5.41) is 29.9. The van der Waals surface area contributed by atoms with Gasteiger partial charge in [0.25, 0.3) is 0 Å². The van der Waals surface area contributed by atoms with Gasteiger partial charge >= 0.3 is 0 Å². The van der Waals surface area contributed by atoms with Gasteiger partial charge in [-0.25, -0.2) is 0 Å². The lowest BCUT2D eigenvalue weighted by Gasteiger charge is -2.35. The number of aliphatic hydroxyl groups is 3. The largest absolute Gasteiger partial charge is 0.394 e. The van der Waals surface area contributed by atoms with E-state index in [-0.39, 0.29) is 12.5 Å². The monoisotopic (exact) mass is 248 g/mol. The van der Waals surface area contributed by atoms with E-state index in [0.717, 1.165) is 0 Å². The number of hydrogen-bond acceptors (Lipinski definition) is 5. The molecule has 0 aromatic heterocycles. The Hall–Kier alpha value is -0.690. The Morgan fingerprint density at radius 2 is 1.53 bits per heavy atom. The minimum Gasteiger partial charge on any atom is -0.394 e. The van der Waals surface area contributed by atoms with Gasteiger partial charge in [-0.1, -0.05) is 13.8 Å². The van der Waals surface area contributed by atoms with E-state index in [1.807, 2.05) is 13.8 Å². The van der Waals surface area contributed by atoms with Crippen LogP contribution in [0.4, 0.5) is 0 Å². The fourth-order valence-electron chi connectivity index (χ4n) is 1.59. The van der Waals surface area contributed by atoms with Crippen LogP contribution in [0.1, 0.15) is 26.7 Å². The average Bonchev–Trinajstić information content (AvgIpc) is 2.39. The van der Waals surface area contributed by atoms with Crippen LogP contribution in [0.15, 0.2) is 0 Å². The first kappa shape index (κ1) is 16.3. The molecule has 0 saturated heterocycles. The van der Waals surface area contributed by atoms with Crippen molar-refractivity contribution in [2.24, 2.45) is 11.1 Å². The summed E-state index contributed by atoms with van der Waals surface area (Å²) in [6.07, 6.45) is 1.12.